The normalized spacial score (nSPS) is 12.6. The van der Waals surface area contributed by atoms with Gasteiger partial charge in [-0.1, -0.05) is 17.8 Å². The second-order valence-corrected chi connectivity index (χ2v) is 7.02. The minimum absolute atomic E-state index is 0.0763. The van der Waals surface area contributed by atoms with Gasteiger partial charge in [0.05, 0.1) is 17.3 Å². The number of anilines is 1. The van der Waals surface area contributed by atoms with E-state index in [1.54, 1.807) is 6.33 Å². The van der Waals surface area contributed by atoms with Gasteiger partial charge in [0, 0.05) is 24.1 Å². The van der Waals surface area contributed by atoms with Gasteiger partial charge in [0.15, 0.2) is 5.65 Å². The highest BCUT2D eigenvalue weighted by molar-refractivity contribution is 8.00. The highest BCUT2D eigenvalue weighted by Gasteiger charge is 2.18. The van der Waals surface area contributed by atoms with Crippen LogP contribution in [-0.4, -0.2) is 35.7 Å². The van der Waals surface area contributed by atoms with E-state index in [-0.39, 0.29) is 11.2 Å². The van der Waals surface area contributed by atoms with Crippen molar-refractivity contribution in [2.24, 2.45) is 7.05 Å². The molecule has 0 fully saturated rings. The number of carbonyl (C=O) groups is 1. The number of fused-ring (bicyclic) bond motifs is 2. The summed E-state index contributed by atoms with van der Waals surface area (Å²) in [6.45, 7) is 1.86. The highest BCUT2D eigenvalue weighted by Crippen LogP contribution is 2.28. The molecule has 7 nitrogen and oxygen atoms in total. The third-order valence-electron chi connectivity index (χ3n) is 4.03. The lowest BCUT2D eigenvalue weighted by atomic mass is 10.2. The molecule has 1 aromatic carbocycles. The number of aromatic amines is 1. The third-order valence-corrected chi connectivity index (χ3v) is 5.13. The number of rotatable bonds is 4. The summed E-state index contributed by atoms with van der Waals surface area (Å²) in [7, 11) is 1.98. The molecule has 3 heterocycles. The van der Waals surface area contributed by atoms with Crippen LogP contribution in [0.3, 0.4) is 0 Å². The summed E-state index contributed by atoms with van der Waals surface area (Å²) in [4.78, 5) is 28.1. The molecule has 4 rings (SSSR count). The second kappa shape index (κ2) is 6.21. The molecule has 8 heteroatoms. The summed E-state index contributed by atoms with van der Waals surface area (Å²) in [5.74, 6) is -0.0763. The van der Waals surface area contributed by atoms with Crippen molar-refractivity contribution in [2.45, 2.75) is 17.2 Å². The molecule has 2 N–H and O–H groups in total. The first-order chi connectivity index (χ1) is 12.1. The predicted molar refractivity (Wildman–Crippen MR) is 98.6 cm³/mol. The van der Waals surface area contributed by atoms with Crippen molar-refractivity contribution in [1.29, 1.82) is 0 Å². The Balaban J connectivity index is 1.55. The van der Waals surface area contributed by atoms with Crippen molar-refractivity contribution in [3.63, 3.8) is 0 Å². The molecule has 0 radical (unpaired) electrons. The molecule has 0 unspecified atom stereocenters. The Morgan fingerprint density at radius 2 is 2.16 bits per heavy atom. The molecule has 0 aliphatic rings. The van der Waals surface area contributed by atoms with Crippen molar-refractivity contribution in [1.82, 2.24) is 24.5 Å². The Labute approximate surface area is 147 Å². The van der Waals surface area contributed by atoms with E-state index in [0.717, 1.165) is 22.1 Å². The van der Waals surface area contributed by atoms with E-state index in [9.17, 15) is 4.79 Å². The minimum atomic E-state index is -0.319. The average Bonchev–Trinajstić information content (AvgIpc) is 3.23. The summed E-state index contributed by atoms with van der Waals surface area (Å²) in [5, 5.41) is 4.43. The van der Waals surface area contributed by atoms with Crippen LogP contribution < -0.4 is 5.32 Å². The van der Waals surface area contributed by atoms with Gasteiger partial charge in [-0.3, -0.25) is 4.79 Å². The Morgan fingerprint density at radius 3 is 3.04 bits per heavy atom. The molecule has 0 spiro atoms. The lowest BCUT2D eigenvalue weighted by Gasteiger charge is -2.12. The molecule has 0 bridgehead atoms. The molecule has 4 aromatic rings. The Morgan fingerprint density at radius 1 is 1.28 bits per heavy atom. The SMILES string of the molecule is C[C@H](Sc1ncnc2nc[nH]c12)C(=O)Nc1cccc2c1ccn2C. The van der Waals surface area contributed by atoms with Gasteiger partial charge < -0.3 is 14.9 Å². The second-order valence-electron chi connectivity index (χ2n) is 5.69. The number of hydrogen-bond acceptors (Lipinski definition) is 5. The zero-order chi connectivity index (χ0) is 17.4. The molecule has 0 saturated heterocycles. The van der Waals surface area contributed by atoms with Gasteiger partial charge in [-0.15, -0.1) is 0 Å². The number of aryl methyl sites for hydroxylation is 1. The fourth-order valence-corrected chi connectivity index (χ4v) is 3.58. The summed E-state index contributed by atoms with van der Waals surface area (Å²) in [6, 6.07) is 7.88. The van der Waals surface area contributed by atoms with E-state index in [4.69, 9.17) is 0 Å². The summed E-state index contributed by atoms with van der Waals surface area (Å²) >= 11 is 1.38. The smallest absolute Gasteiger partial charge is 0.237 e. The van der Waals surface area contributed by atoms with Crippen LogP contribution in [0.25, 0.3) is 22.1 Å². The van der Waals surface area contributed by atoms with Gasteiger partial charge in [0.1, 0.15) is 16.9 Å². The van der Waals surface area contributed by atoms with E-state index >= 15 is 0 Å². The molecule has 3 aromatic heterocycles. The number of thioether (sulfide) groups is 1. The summed E-state index contributed by atoms with van der Waals surface area (Å²) < 4.78 is 2.03. The van der Waals surface area contributed by atoms with E-state index in [1.807, 2.05) is 49.0 Å². The highest BCUT2D eigenvalue weighted by atomic mass is 32.2. The first-order valence-corrected chi connectivity index (χ1v) is 8.67. The molecule has 1 amide bonds. The lowest BCUT2D eigenvalue weighted by Crippen LogP contribution is -2.22. The van der Waals surface area contributed by atoms with Crippen molar-refractivity contribution in [2.75, 3.05) is 5.32 Å². The van der Waals surface area contributed by atoms with Crippen LogP contribution >= 0.6 is 11.8 Å². The maximum absolute atomic E-state index is 12.6. The van der Waals surface area contributed by atoms with Crippen LogP contribution in [0.4, 0.5) is 5.69 Å². The Hall–Kier alpha value is -2.87. The van der Waals surface area contributed by atoms with Crippen molar-refractivity contribution in [3.05, 3.63) is 43.1 Å². The molecular weight excluding hydrogens is 336 g/mol. The van der Waals surface area contributed by atoms with Crippen LogP contribution in [0.2, 0.25) is 0 Å². The first-order valence-electron chi connectivity index (χ1n) is 7.79. The number of nitrogens with zero attached hydrogens (tertiary/aromatic N) is 4. The maximum atomic E-state index is 12.6. The molecule has 1 atom stereocenters. The quantitative estimate of drug-likeness (QED) is 0.435. The molecule has 0 saturated carbocycles. The molecule has 25 heavy (non-hydrogen) atoms. The largest absolute Gasteiger partial charge is 0.350 e. The maximum Gasteiger partial charge on any atom is 0.237 e. The zero-order valence-electron chi connectivity index (χ0n) is 13.7. The standard InChI is InChI=1S/C17H16N6OS/c1-10(25-17-14-15(19-8-18-14)20-9-21-17)16(24)22-12-4-3-5-13-11(12)6-7-23(13)2/h3-10H,1-2H3,(H,22,24)(H,18,19,20,21)/t10-/m0/s1. The van der Waals surface area contributed by atoms with Crippen LogP contribution in [0.15, 0.2) is 48.1 Å². The van der Waals surface area contributed by atoms with Gasteiger partial charge in [0.2, 0.25) is 5.91 Å². The zero-order valence-corrected chi connectivity index (χ0v) is 14.5. The fourth-order valence-electron chi connectivity index (χ4n) is 2.70. The lowest BCUT2D eigenvalue weighted by molar-refractivity contribution is -0.115. The number of amides is 1. The fraction of sp³-hybridized carbons (Fsp3) is 0.176. The molecular formula is C17H16N6OS. The number of hydrogen-bond donors (Lipinski definition) is 2. The van der Waals surface area contributed by atoms with E-state index in [1.165, 1.54) is 18.1 Å². The number of carbonyl (C=O) groups excluding carboxylic acids is 1. The van der Waals surface area contributed by atoms with Crippen molar-refractivity contribution in [3.8, 4) is 0 Å². The summed E-state index contributed by atoms with van der Waals surface area (Å²) in [6.07, 6.45) is 5.01. The topological polar surface area (TPSA) is 88.5 Å². The number of imidazole rings is 1. The van der Waals surface area contributed by atoms with Crippen LogP contribution in [-0.2, 0) is 11.8 Å². The van der Waals surface area contributed by atoms with E-state index < -0.39 is 0 Å². The number of benzene rings is 1. The summed E-state index contributed by atoms with van der Waals surface area (Å²) in [5.41, 5.74) is 3.23. The molecule has 126 valence electrons. The minimum Gasteiger partial charge on any atom is -0.350 e. The number of H-pyrrole nitrogens is 1. The average molecular weight is 352 g/mol. The Bertz CT molecular complexity index is 1070. The van der Waals surface area contributed by atoms with Gasteiger partial charge in [-0.2, -0.15) is 0 Å². The van der Waals surface area contributed by atoms with Gasteiger partial charge in [0.25, 0.3) is 0 Å². The molecule has 0 aliphatic heterocycles. The van der Waals surface area contributed by atoms with Gasteiger partial charge in [-0.25, -0.2) is 15.0 Å². The van der Waals surface area contributed by atoms with Crippen LogP contribution in [0, 0.1) is 0 Å². The van der Waals surface area contributed by atoms with Gasteiger partial charge in [-0.05, 0) is 25.1 Å². The van der Waals surface area contributed by atoms with Crippen LogP contribution in [0.5, 0.6) is 0 Å². The van der Waals surface area contributed by atoms with Crippen molar-refractivity contribution < 1.29 is 4.79 Å². The predicted octanol–water partition coefficient (Wildman–Crippen LogP) is 2.96. The third kappa shape index (κ3) is 2.85. The molecule has 0 aliphatic carbocycles. The van der Waals surface area contributed by atoms with E-state index in [2.05, 4.69) is 25.3 Å². The first kappa shape index (κ1) is 15.6. The monoisotopic (exact) mass is 352 g/mol. The van der Waals surface area contributed by atoms with Crippen LogP contribution in [0.1, 0.15) is 6.92 Å². The van der Waals surface area contributed by atoms with Gasteiger partial charge >= 0.3 is 0 Å². The van der Waals surface area contributed by atoms with Crippen molar-refractivity contribution >= 4 is 45.4 Å². The van der Waals surface area contributed by atoms with E-state index in [0.29, 0.717) is 10.7 Å². The number of aromatic nitrogens is 5. The Kier molecular flexibility index (Phi) is 3.89. The number of nitrogens with one attached hydrogen (secondary N) is 2.